The van der Waals surface area contributed by atoms with E-state index >= 15 is 0 Å². The number of nitrogens with zero attached hydrogens (tertiary/aromatic N) is 3. The van der Waals surface area contributed by atoms with Crippen LogP contribution in [0.5, 0.6) is 0 Å². The van der Waals surface area contributed by atoms with E-state index in [0.29, 0.717) is 0 Å². The highest BCUT2D eigenvalue weighted by molar-refractivity contribution is 5.93. The molecular weight excluding hydrogens is 297 g/mol. The van der Waals surface area contributed by atoms with Crippen molar-refractivity contribution < 1.29 is 27.3 Å². The molecule has 1 aromatic heterocycles. The molecule has 0 bridgehead atoms. The lowest BCUT2D eigenvalue weighted by atomic mass is 10.2. The minimum Gasteiger partial charge on any atom is -0.403 e. The fourth-order valence-electron chi connectivity index (χ4n) is 1.31. The standard InChI is InChI=1S/C10H5F3N4O4/c11-10(12,13)8(18)14-9-16-15-7(21-9)5-2-1-3-6(4-5)17(19)20/h1-4H,(H,14,16,18). The molecule has 0 fully saturated rings. The Hall–Kier alpha value is -2.98. The lowest BCUT2D eigenvalue weighted by Crippen LogP contribution is -2.30. The van der Waals surface area contributed by atoms with E-state index in [4.69, 9.17) is 4.42 Å². The average molecular weight is 302 g/mol. The van der Waals surface area contributed by atoms with E-state index in [9.17, 15) is 28.1 Å². The Morgan fingerprint density at radius 2 is 2.05 bits per heavy atom. The van der Waals surface area contributed by atoms with Crippen LogP contribution in [0.1, 0.15) is 0 Å². The van der Waals surface area contributed by atoms with E-state index in [1.165, 1.54) is 23.5 Å². The highest BCUT2D eigenvalue weighted by atomic mass is 19.4. The van der Waals surface area contributed by atoms with Gasteiger partial charge in [-0.05, 0) is 6.07 Å². The van der Waals surface area contributed by atoms with Crippen molar-refractivity contribution in [1.29, 1.82) is 0 Å². The average Bonchev–Trinajstić information content (AvgIpc) is 2.86. The number of anilines is 1. The molecule has 2 rings (SSSR count). The maximum atomic E-state index is 12.0. The van der Waals surface area contributed by atoms with Crippen molar-refractivity contribution >= 4 is 17.6 Å². The number of hydrogen-bond donors (Lipinski definition) is 1. The van der Waals surface area contributed by atoms with E-state index in [1.807, 2.05) is 0 Å². The maximum absolute atomic E-state index is 12.0. The van der Waals surface area contributed by atoms with E-state index in [0.717, 1.165) is 6.07 Å². The first-order valence-corrected chi connectivity index (χ1v) is 5.24. The second-order valence-corrected chi connectivity index (χ2v) is 3.67. The summed E-state index contributed by atoms with van der Waals surface area (Å²) in [5, 5.41) is 18.6. The summed E-state index contributed by atoms with van der Waals surface area (Å²) in [7, 11) is 0. The van der Waals surface area contributed by atoms with Gasteiger partial charge in [0.05, 0.1) is 4.92 Å². The van der Waals surface area contributed by atoms with Gasteiger partial charge in [0, 0.05) is 17.7 Å². The molecule has 2 aromatic rings. The third-order valence-corrected chi connectivity index (χ3v) is 2.21. The summed E-state index contributed by atoms with van der Waals surface area (Å²) in [6, 6.07) is 4.27. The highest BCUT2D eigenvalue weighted by Crippen LogP contribution is 2.24. The Balaban J connectivity index is 2.22. The fraction of sp³-hybridized carbons (Fsp3) is 0.100. The van der Waals surface area contributed by atoms with Gasteiger partial charge in [0.25, 0.3) is 5.69 Å². The van der Waals surface area contributed by atoms with Crippen LogP contribution in [-0.4, -0.2) is 27.2 Å². The number of amides is 1. The lowest BCUT2D eigenvalue weighted by molar-refractivity contribution is -0.384. The molecule has 1 heterocycles. The number of hydrogen-bond acceptors (Lipinski definition) is 6. The summed E-state index contributed by atoms with van der Waals surface area (Å²) >= 11 is 0. The van der Waals surface area contributed by atoms with Crippen molar-refractivity contribution in [1.82, 2.24) is 10.2 Å². The number of benzene rings is 1. The Morgan fingerprint density at radius 3 is 2.67 bits per heavy atom. The second-order valence-electron chi connectivity index (χ2n) is 3.67. The quantitative estimate of drug-likeness (QED) is 0.686. The van der Waals surface area contributed by atoms with Gasteiger partial charge in [0.15, 0.2) is 0 Å². The number of rotatable bonds is 3. The highest BCUT2D eigenvalue weighted by Gasteiger charge is 2.39. The predicted molar refractivity (Wildman–Crippen MR) is 61.1 cm³/mol. The molecule has 0 atom stereocenters. The summed E-state index contributed by atoms with van der Waals surface area (Å²) in [6.45, 7) is 0. The monoisotopic (exact) mass is 302 g/mol. The van der Waals surface area contributed by atoms with E-state index in [1.54, 1.807) is 0 Å². The first kappa shape index (κ1) is 14.4. The number of carbonyl (C=O) groups excluding carboxylic acids is 1. The number of carbonyl (C=O) groups is 1. The zero-order valence-corrected chi connectivity index (χ0v) is 9.92. The number of non-ortho nitro benzene ring substituents is 1. The minimum atomic E-state index is -5.10. The van der Waals surface area contributed by atoms with Gasteiger partial charge < -0.3 is 4.42 Å². The van der Waals surface area contributed by atoms with Gasteiger partial charge in [0.2, 0.25) is 5.89 Å². The van der Waals surface area contributed by atoms with Crippen LogP contribution < -0.4 is 5.32 Å². The number of nitro benzene ring substituents is 1. The zero-order chi connectivity index (χ0) is 15.6. The lowest BCUT2D eigenvalue weighted by Gasteiger charge is -2.03. The van der Waals surface area contributed by atoms with Gasteiger partial charge in [-0.25, -0.2) is 0 Å². The van der Waals surface area contributed by atoms with Crippen LogP contribution in [0.4, 0.5) is 24.9 Å². The van der Waals surface area contributed by atoms with Crippen LogP contribution in [0.2, 0.25) is 0 Å². The van der Waals surface area contributed by atoms with Crippen molar-refractivity contribution in [2.75, 3.05) is 5.32 Å². The van der Waals surface area contributed by atoms with Crippen LogP contribution in [0, 0.1) is 10.1 Å². The van der Waals surface area contributed by atoms with E-state index < -0.39 is 23.0 Å². The molecule has 0 saturated heterocycles. The molecule has 0 spiro atoms. The van der Waals surface area contributed by atoms with Gasteiger partial charge in [0.1, 0.15) is 0 Å². The molecule has 1 amide bonds. The smallest absolute Gasteiger partial charge is 0.403 e. The van der Waals surface area contributed by atoms with E-state index in [-0.39, 0.29) is 17.1 Å². The van der Waals surface area contributed by atoms with Crippen molar-refractivity contribution in [3.63, 3.8) is 0 Å². The van der Waals surface area contributed by atoms with Crippen LogP contribution in [0.15, 0.2) is 28.7 Å². The first-order chi connectivity index (χ1) is 9.77. The molecular formula is C10H5F3N4O4. The topological polar surface area (TPSA) is 111 Å². The predicted octanol–water partition coefficient (Wildman–Crippen LogP) is 2.15. The second kappa shape index (κ2) is 5.19. The summed E-state index contributed by atoms with van der Waals surface area (Å²) < 4.78 is 40.9. The zero-order valence-electron chi connectivity index (χ0n) is 9.92. The summed E-state index contributed by atoms with van der Waals surface area (Å²) in [5.74, 6) is -2.53. The number of nitro groups is 1. The normalized spacial score (nSPS) is 11.2. The molecule has 8 nitrogen and oxygen atoms in total. The summed E-state index contributed by atoms with van der Waals surface area (Å²) in [6.07, 6.45) is -5.10. The Kier molecular flexibility index (Phi) is 3.56. The van der Waals surface area contributed by atoms with Crippen LogP contribution >= 0.6 is 0 Å². The van der Waals surface area contributed by atoms with Crippen molar-refractivity contribution in [2.24, 2.45) is 0 Å². The molecule has 1 aromatic carbocycles. The van der Waals surface area contributed by atoms with Gasteiger partial charge in [-0.2, -0.15) is 13.2 Å². The Labute approximate surface area is 113 Å². The van der Waals surface area contributed by atoms with Crippen molar-refractivity contribution in [3.8, 4) is 11.5 Å². The Bertz CT molecular complexity index is 698. The van der Waals surface area contributed by atoms with Gasteiger partial charge in [-0.3, -0.25) is 20.2 Å². The van der Waals surface area contributed by atoms with Crippen LogP contribution in [-0.2, 0) is 4.79 Å². The molecule has 1 N–H and O–H groups in total. The molecule has 0 aliphatic carbocycles. The Morgan fingerprint density at radius 1 is 1.33 bits per heavy atom. The minimum absolute atomic E-state index is 0.129. The SMILES string of the molecule is O=C(Nc1nnc(-c2cccc([N+](=O)[O-])c2)o1)C(F)(F)F. The number of halogens is 3. The first-order valence-electron chi connectivity index (χ1n) is 5.24. The maximum Gasteiger partial charge on any atom is 0.471 e. The van der Waals surface area contributed by atoms with Crippen LogP contribution in [0.25, 0.3) is 11.5 Å². The number of aromatic nitrogens is 2. The van der Waals surface area contributed by atoms with Crippen LogP contribution in [0.3, 0.4) is 0 Å². The largest absolute Gasteiger partial charge is 0.471 e. The molecule has 0 unspecified atom stereocenters. The molecule has 21 heavy (non-hydrogen) atoms. The molecule has 0 saturated carbocycles. The molecule has 0 radical (unpaired) electrons. The summed E-state index contributed by atoms with van der Waals surface area (Å²) in [4.78, 5) is 20.6. The van der Waals surface area contributed by atoms with Gasteiger partial charge in [-0.15, -0.1) is 5.10 Å². The molecule has 0 aliphatic rings. The fourth-order valence-corrected chi connectivity index (χ4v) is 1.31. The third-order valence-electron chi connectivity index (χ3n) is 2.21. The summed E-state index contributed by atoms with van der Waals surface area (Å²) in [5.41, 5.74) is -0.129. The van der Waals surface area contributed by atoms with E-state index in [2.05, 4.69) is 10.2 Å². The van der Waals surface area contributed by atoms with Crippen molar-refractivity contribution in [2.45, 2.75) is 6.18 Å². The van der Waals surface area contributed by atoms with Crippen molar-refractivity contribution in [3.05, 3.63) is 34.4 Å². The molecule has 11 heteroatoms. The number of alkyl halides is 3. The third kappa shape index (κ3) is 3.32. The molecule has 110 valence electrons. The van der Waals surface area contributed by atoms with Gasteiger partial charge >= 0.3 is 18.1 Å². The van der Waals surface area contributed by atoms with Gasteiger partial charge in [-0.1, -0.05) is 11.2 Å². The number of nitrogens with one attached hydrogen (secondary N) is 1. The molecule has 0 aliphatic heterocycles.